The Balaban J connectivity index is 1.29. The monoisotopic (exact) mass is 500 g/mol. The lowest BCUT2D eigenvalue weighted by atomic mass is 9.97. The average Bonchev–Trinajstić information content (AvgIpc) is 3.36. The summed E-state index contributed by atoms with van der Waals surface area (Å²) in [5.41, 5.74) is 10.2. The van der Waals surface area contributed by atoms with Crippen molar-refractivity contribution in [1.82, 2.24) is 9.88 Å². The molecule has 0 spiro atoms. The van der Waals surface area contributed by atoms with E-state index in [0.717, 1.165) is 19.4 Å². The molecular formula is C37H28N2. The van der Waals surface area contributed by atoms with Gasteiger partial charge in [0, 0.05) is 40.0 Å². The number of rotatable bonds is 3. The summed E-state index contributed by atoms with van der Waals surface area (Å²) in [6, 6.07) is 36.0. The maximum Gasteiger partial charge on any atom is 0.0616 e. The molecule has 1 aromatic heterocycles. The van der Waals surface area contributed by atoms with Gasteiger partial charge < -0.3 is 9.88 Å². The van der Waals surface area contributed by atoms with Crippen molar-refractivity contribution < 1.29 is 0 Å². The van der Waals surface area contributed by atoms with Crippen LogP contribution in [0.4, 0.5) is 0 Å². The summed E-state index contributed by atoms with van der Waals surface area (Å²) >= 11 is 0. The van der Waals surface area contributed by atoms with E-state index in [1.54, 1.807) is 0 Å². The summed E-state index contributed by atoms with van der Waals surface area (Å²) in [5.74, 6) is 0. The number of fused-ring (bicyclic) bond motifs is 6. The SMILES string of the molecule is C1=CCNC(c2ccc(-c3ccc4c(ccc5c6c(n(-c7ccc8ccccc8c7)c54)CCC=C6)c3)cc2)=C1. The van der Waals surface area contributed by atoms with Crippen LogP contribution in [0, 0.1) is 0 Å². The molecule has 2 nitrogen and oxygen atoms in total. The first-order valence-electron chi connectivity index (χ1n) is 13.8. The molecular weight excluding hydrogens is 472 g/mol. The molecule has 0 unspecified atom stereocenters. The summed E-state index contributed by atoms with van der Waals surface area (Å²) < 4.78 is 2.52. The first kappa shape index (κ1) is 22.2. The van der Waals surface area contributed by atoms with E-state index in [-0.39, 0.29) is 0 Å². The van der Waals surface area contributed by atoms with Gasteiger partial charge in [0.25, 0.3) is 0 Å². The lowest BCUT2D eigenvalue weighted by molar-refractivity contribution is 0.890. The third-order valence-electron chi connectivity index (χ3n) is 8.25. The fraction of sp³-hybridized carbons (Fsp3) is 0.0811. The van der Waals surface area contributed by atoms with Crippen LogP contribution in [-0.2, 0) is 6.42 Å². The predicted octanol–water partition coefficient (Wildman–Crippen LogP) is 9.06. The number of aromatic nitrogens is 1. The quantitative estimate of drug-likeness (QED) is 0.256. The number of dihydropyridines is 1. The smallest absolute Gasteiger partial charge is 0.0616 e. The van der Waals surface area contributed by atoms with Crippen molar-refractivity contribution in [2.75, 3.05) is 6.54 Å². The van der Waals surface area contributed by atoms with Gasteiger partial charge >= 0.3 is 0 Å². The first-order chi connectivity index (χ1) is 19.3. The molecule has 1 aliphatic carbocycles. The highest BCUT2D eigenvalue weighted by atomic mass is 15.0. The molecule has 8 rings (SSSR count). The van der Waals surface area contributed by atoms with Crippen molar-refractivity contribution in [2.24, 2.45) is 0 Å². The second-order valence-corrected chi connectivity index (χ2v) is 10.5. The van der Waals surface area contributed by atoms with E-state index in [0.29, 0.717) is 0 Å². The standard InChI is InChI=1S/C37H28N2/c1-2-8-28-24-31(19-16-25(28)7-1)39-36-11-4-3-9-33(36)34-21-18-30-23-29(17-20-32(30)37(34)39)26-12-14-27(15-13-26)35-10-5-6-22-38-35/h1-3,5-10,12-21,23-24,38H,4,11,22H2. The van der Waals surface area contributed by atoms with Crippen LogP contribution in [-0.4, -0.2) is 11.1 Å². The minimum Gasteiger partial charge on any atom is -0.381 e. The molecule has 5 aromatic carbocycles. The number of nitrogens with zero attached hydrogens (tertiary/aromatic N) is 1. The zero-order chi connectivity index (χ0) is 25.8. The van der Waals surface area contributed by atoms with E-state index < -0.39 is 0 Å². The number of hydrogen-bond acceptors (Lipinski definition) is 1. The topological polar surface area (TPSA) is 17.0 Å². The summed E-state index contributed by atoms with van der Waals surface area (Å²) in [6.07, 6.45) is 13.2. The molecule has 0 saturated heterocycles. The predicted molar refractivity (Wildman–Crippen MR) is 166 cm³/mol. The molecule has 1 aliphatic heterocycles. The lowest BCUT2D eigenvalue weighted by Gasteiger charge is -2.15. The first-order valence-corrected chi connectivity index (χ1v) is 13.8. The zero-order valence-corrected chi connectivity index (χ0v) is 21.7. The van der Waals surface area contributed by atoms with Crippen LogP contribution in [0.2, 0.25) is 0 Å². The van der Waals surface area contributed by atoms with Crippen LogP contribution >= 0.6 is 0 Å². The highest BCUT2D eigenvalue weighted by Crippen LogP contribution is 2.39. The molecule has 39 heavy (non-hydrogen) atoms. The van der Waals surface area contributed by atoms with Crippen LogP contribution in [0.1, 0.15) is 23.2 Å². The Hall–Kier alpha value is -4.82. The Bertz CT molecular complexity index is 2000. The molecule has 0 amide bonds. The number of benzene rings is 5. The third kappa shape index (κ3) is 3.64. The van der Waals surface area contributed by atoms with Crippen LogP contribution in [0.15, 0.2) is 121 Å². The molecule has 0 fully saturated rings. The molecule has 0 radical (unpaired) electrons. The van der Waals surface area contributed by atoms with E-state index in [2.05, 4.69) is 137 Å². The maximum atomic E-state index is 3.45. The Morgan fingerprint density at radius 3 is 2.31 bits per heavy atom. The Morgan fingerprint density at radius 2 is 1.44 bits per heavy atom. The summed E-state index contributed by atoms with van der Waals surface area (Å²) in [6.45, 7) is 0.882. The second kappa shape index (κ2) is 8.89. The molecule has 0 saturated carbocycles. The largest absolute Gasteiger partial charge is 0.381 e. The van der Waals surface area contributed by atoms with Gasteiger partial charge in [-0.05, 0) is 70.0 Å². The number of allylic oxidation sites excluding steroid dienone is 3. The van der Waals surface area contributed by atoms with Crippen molar-refractivity contribution in [2.45, 2.75) is 12.8 Å². The van der Waals surface area contributed by atoms with Crippen LogP contribution < -0.4 is 5.32 Å². The van der Waals surface area contributed by atoms with Gasteiger partial charge in [0.15, 0.2) is 0 Å². The van der Waals surface area contributed by atoms with E-state index in [4.69, 9.17) is 0 Å². The summed E-state index contributed by atoms with van der Waals surface area (Å²) in [7, 11) is 0. The molecule has 1 N–H and O–H groups in total. The van der Waals surface area contributed by atoms with E-state index in [1.165, 1.54) is 71.8 Å². The Morgan fingerprint density at radius 1 is 0.641 bits per heavy atom. The van der Waals surface area contributed by atoms with Crippen LogP contribution in [0.5, 0.6) is 0 Å². The van der Waals surface area contributed by atoms with Crippen molar-refractivity contribution in [3.05, 3.63) is 138 Å². The van der Waals surface area contributed by atoms with Gasteiger partial charge in [0.1, 0.15) is 0 Å². The Kier molecular flexibility index (Phi) is 5.06. The van der Waals surface area contributed by atoms with Gasteiger partial charge in [-0.25, -0.2) is 0 Å². The minimum atomic E-state index is 0.882. The minimum absolute atomic E-state index is 0.882. The molecule has 0 atom stereocenters. The number of nitrogens with one attached hydrogen (secondary N) is 1. The normalized spacial score (nSPS) is 14.5. The van der Waals surface area contributed by atoms with Crippen molar-refractivity contribution in [1.29, 1.82) is 0 Å². The van der Waals surface area contributed by atoms with E-state index in [9.17, 15) is 0 Å². The zero-order valence-electron chi connectivity index (χ0n) is 21.7. The van der Waals surface area contributed by atoms with Crippen molar-refractivity contribution in [3.8, 4) is 16.8 Å². The number of hydrogen-bond donors (Lipinski definition) is 1. The summed E-state index contributed by atoms with van der Waals surface area (Å²) in [5, 5.41) is 9.91. The average molecular weight is 501 g/mol. The van der Waals surface area contributed by atoms with Gasteiger partial charge in [0.05, 0.1) is 5.52 Å². The van der Waals surface area contributed by atoms with Gasteiger partial charge in [-0.15, -0.1) is 0 Å². The van der Waals surface area contributed by atoms with Gasteiger partial charge in [-0.1, -0.05) is 103 Å². The van der Waals surface area contributed by atoms with E-state index >= 15 is 0 Å². The van der Waals surface area contributed by atoms with Gasteiger partial charge in [-0.3, -0.25) is 0 Å². The highest BCUT2D eigenvalue weighted by molar-refractivity contribution is 6.11. The lowest BCUT2D eigenvalue weighted by Crippen LogP contribution is -2.14. The summed E-state index contributed by atoms with van der Waals surface area (Å²) in [4.78, 5) is 0. The molecule has 6 aromatic rings. The highest BCUT2D eigenvalue weighted by Gasteiger charge is 2.20. The van der Waals surface area contributed by atoms with Gasteiger partial charge in [0.2, 0.25) is 0 Å². The molecule has 0 bridgehead atoms. The maximum absolute atomic E-state index is 3.45. The van der Waals surface area contributed by atoms with Crippen molar-refractivity contribution >= 4 is 44.2 Å². The fourth-order valence-corrected chi connectivity index (χ4v) is 6.32. The van der Waals surface area contributed by atoms with Gasteiger partial charge in [-0.2, -0.15) is 0 Å². The Labute approximate surface area is 228 Å². The fourth-order valence-electron chi connectivity index (χ4n) is 6.32. The third-order valence-corrected chi connectivity index (χ3v) is 8.25. The molecule has 2 heterocycles. The van der Waals surface area contributed by atoms with E-state index in [1.807, 2.05) is 0 Å². The van der Waals surface area contributed by atoms with Crippen LogP contribution in [0.25, 0.3) is 61.0 Å². The molecule has 2 heteroatoms. The molecule has 186 valence electrons. The molecule has 2 aliphatic rings. The van der Waals surface area contributed by atoms with Crippen molar-refractivity contribution in [3.63, 3.8) is 0 Å². The van der Waals surface area contributed by atoms with Crippen LogP contribution in [0.3, 0.4) is 0 Å². The second-order valence-electron chi connectivity index (χ2n) is 10.5.